The number of nitrogens with one attached hydrogen (secondary N) is 2. The van der Waals surface area contributed by atoms with Crippen LogP contribution in [0.15, 0.2) is 64.6 Å². The van der Waals surface area contributed by atoms with Crippen molar-refractivity contribution in [3.63, 3.8) is 0 Å². The number of rotatable bonds is 4. The molecule has 2 aromatic carbocycles. The number of hydrogen-bond donors (Lipinski definition) is 2. The van der Waals surface area contributed by atoms with E-state index in [0.29, 0.717) is 5.56 Å². The van der Waals surface area contributed by atoms with Crippen LogP contribution in [-0.4, -0.2) is 20.9 Å². The number of benzene rings is 2. The topological polar surface area (TPSA) is 70.7 Å². The number of anilines is 1. The lowest BCUT2D eigenvalue weighted by Gasteiger charge is -2.07. The zero-order valence-corrected chi connectivity index (χ0v) is 16.7. The average molecular weight is 388 g/mol. The zero-order valence-electron chi connectivity index (χ0n) is 15.9. The van der Waals surface area contributed by atoms with Crippen molar-refractivity contribution in [1.29, 1.82) is 0 Å². The van der Waals surface area contributed by atoms with Crippen molar-refractivity contribution in [3.05, 3.63) is 77.2 Å². The molecule has 28 heavy (non-hydrogen) atoms. The van der Waals surface area contributed by atoms with E-state index >= 15 is 0 Å². The third kappa shape index (κ3) is 3.77. The van der Waals surface area contributed by atoms with E-state index in [1.807, 2.05) is 75.4 Å². The lowest BCUT2D eigenvalue weighted by atomic mass is 10.1. The van der Waals surface area contributed by atoms with Crippen LogP contribution in [-0.2, 0) is 0 Å². The highest BCUT2D eigenvalue weighted by Gasteiger charge is 2.16. The van der Waals surface area contributed by atoms with Crippen molar-refractivity contribution in [2.75, 3.05) is 5.32 Å². The number of aromatic amines is 1. The Morgan fingerprint density at radius 2 is 1.64 bits per heavy atom. The lowest BCUT2D eigenvalue weighted by Crippen LogP contribution is -2.12. The normalized spacial score (nSPS) is 11.0. The quantitative estimate of drug-likeness (QED) is 0.466. The summed E-state index contributed by atoms with van der Waals surface area (Å²) in [5.74, 6) is -0.118. The maximum atomic E-state index is 12.8. The molecule has 0 aliphatic heterocycles. The summed E-state index contributed by atoms with van der Waals surface area (Å²) in [5, 5.41) is 4.64. The van der Waals surface area contributed by atoms with E-state index in [1.165, 1.54) is 11.8 Å². The minimum Gasteiger partial charge on any atom is -0.358 e. The van der Waals surface area contributed by atoms with Gasteiger partial charge in [0, 0.05) is 38.6 Å². The summed E-state index contributed by atoms with van der Waals surface area (Å²) < 4.78 is 0. The molecule has 0 saturated heterocycles. The van der Waals surface area contributed by atoms with Crippen LogP contribution in [0.4, 0.5) is 5.69 Å². The molecule has 0 bridgehead atoms. The number of aromatic nitrogens is 3. The maximum Gasteiger partial charge on any atom is 0.258 e. The van der Waals surface area contributed by atoms with E-state index in [4.69, 9.17) is 0 Å². The van der Waals surface area contributed by atoms with E-state index < -0.39 is 0 Å². The summed E-state index contributed by atoms with van der Waals surface area (Å²) in [7, 11) is 0. The van der Waals surface area contributed by atoms with Crippen LogP contribution >= 0.6 is 11.8 Å². The van der Waals surface area contributed by atoms with Gasteiger partial charge in [0.25, 0.3) is 5.91 Å². The number of H-pyrrole nitrogens is 1. The average Bonchev–Trinajstić information content (AvgIpc) is 2.98. The van der Waals surface area contributed by atoms with Crippen molar-refractivity contribution in [1.82, 2.24) is 15.0 Å². The number of amides is 1. The van der Waals surface area contributed by atoms with Crippen molar-refractivity contribution in [2.45, 2.75) is 30.8 Å². The molecule has 6 heteroatoms. The highest BCUT2D eigenvalue weighted by Crippen LogP contribution is 2.27. The van der Waals surface area contributed by atoms with E-state index in [0.717, 1.165) is 43.7 Å². The molecule has 140 valence electrons. The van der Waals surface area contributed by atoms with Crippen LogP contribution < -0.4 is 5.32 Å². The van der Waals surface area contributed by atoms with Crippen LogP contribution in [0.3, 0.4) is 0 Å². The summed E-state index contributed by atoms with van der Waals surface area (Å²) in [6.45, 7) is 5.84. The van der Waals surface area contributed by atoms with Crippen LogP contribution in [0.1, 0.15) is 27.4 Å². The van der Waals surface area contributed by atoms with Gasteiger partial charge in [0.15, 0.2) is 5.16 Å². The Balaban J connectivity index is 1.51. The minimum atomic E-state index is -0.118. The van der Waals surface area contributed by atoms with Gasteiger partial charge >= 0.3 is 0 Å². The lowest BCUT2D eigenvalue weighted by molar-refractivity contribution is 0.102. The van der Waals surface area contributed by atoms with Gasteiger partial charge in [-0.15, -0.1) is 0 Å². The van der Waals surface area contributed by atoms with Gasteiger partial charge in [0.05, 0.1) is 5.56 Å². The van der Waals surface area contributed by atoms with E-state index in [-0.39, 0.29) is 5.91 Å². The van der Waals surface area contributed by atoms with Crippen molar-refractivity contribution in [2.24, 2.45) is 0 Å². The number of hydrogen-bond acceptors (Lipinski definition) is 4. The molecule has 5 nitrogen and oxygen atoms in total. The molecular weight excluding hydrogens is 368 g/mol. The first kappa shape index (κ1) is 18.3. The second-order valence-electron chi connectivity index (χ2n) is 6.68. The summed E-state index contributed by atoms with van der Waals surface area (Å²) in [6, 6.07) is 17.5. The third-order valence-electron chi connectivity index (χ3n) is 4.40. The molecule has 2 aromatic heterocycles. The van der Waals surface area contributed by atoms with Gasteiger partial charge in [0.2, 0.25) is 0 Å². The smallest absolute Gasteiger partial charge is 0.258 e. The van der Waals surface area contributed by atoms with E-state index in [9.17, 15) is 4.79 Å². The SMILES string of the molecule is Cc1cc(C)nc(Sc2ccc(NC(=O)c3c(C)[nH]c4ccccc34)cc2)n1. The maximum absolute atomic E-state index is 12.8. The fourth-order valence-corrected chi connectivity index (χ4v) is 4.08. The molecule has 0 unspecified atom stereocenters. The molecule has 1 amide bonds. The fraction of sp³-hybridized carbons (Fsp3) is 0.136. The Morgan fingerprint density at radius 3 is 2.36 bits per heavy atom. The number of carbonyl (C=O) groups excluding carboxylic acids is 1. The zero-order chi connectivity index (χ0) is 19.7. The Kier molecular flexibility index (Phi) is 4.88. The second-order valence-corrected chi connectivity index (χ2v) is 7.73. The summed E-state index contributed by atoms with van der Waals surface area (Å²) >= 11 is 1.51. The molecule has 0 fully saturated rings. The molecule has 0 radical (unpaired) electrons. The van der Waals surface area contributed by atoms with Gasteiger partial charge in [-0.25, -0.2) is 9.97 Å². The molecule has 0 saturated carbocycles. The van der Waals surface area contributed by atoms with E-state index in [1.54, 1.807) is 0 Å². The molecule has 2 N–H and O–H groups in total. The van der Waals surface area contributed by atoms with Crippen LogP contribution in [0, 0.1) is 20.8 Å². The second kappa shape index (κ2) is 7.48. The number of carbonyl (C=O) groups is 1. The van der Waals surface area contributed by atoms with Gasteiger partial charge < -0.3 is 10.3 Å². The molecular formula is C22H20N4OS. The van der Waals surface area contributed by atoms with Gasteiger partial charge in [0.1, 0.15) is 0 Å². The van der Waals surface area contributed by atoms with Gasteiger partial charge in [-0.1, -0.05) is 18.2 Å². The number of para-hydroxylation sites is 1. The number of fused-ring (bicyclic) bond motifs is 1. The van der Waals surface area contributed by atoms with Crippen LogP contribution in [0.2, 0.25) is 0 Å². The highest BCUT2D eigenvalue weighted by atomic mass is 32.2. The van der Waals surface area contributed by atoms with Gasteiger partial charge in [-0.2, -0.15) is 0 Å². The first-order valence-electron chi connectivity index (χ1n) is 8.98. The Bertz CT molecular complexity index is 1140. The molecule has 0 atom stereocenters. The number of nitrogens with zero attached hydrogens (tertiary/aromatic N) is 2. The summed E-state index contributed by atoms with van der Waals surface area (Å²) in [6.07, 6.45) is 0. The predicted octanol–water partition coefficient (Wildman–Crippen LogP) is 5.29. The van der Waals surface area contributed by atoms with Crippen LogP contribution in [0.25, 0.3) is 10.9 Å². The van der Waals surface area contributed by atoms with Crippen molar-refractivity contribution in [3.8, 4) is 0 Å². The first-order chi connectivity index (χ1) is 13.5. The van der Waals surface area contributed by atoms with E-state index in [2.05, 4.69) is 20.3 Å². The molecule has 2 heterocycles. The van der Waals surface area contributed by atoms with Crippen molar-refractivity contribution < 1.29 is 4.79 Å². The first-order valence-corrected chi connectivity index (χ1v) is 9.80. The van der Waals surface area contributed by atoms with Crippen LogP contribution in [0.5, 0.6) is 0 Å². The molecule has 4 aromatic rings. The third-order valence-corrected chi connectivity index (χ3v) is 5.28. The van der Waals surface area contributed by atoms with Gasteiger partial charge in [-0.05, 0) is 68.9 Å². The van der Waals surface area contributed by atoms with Crippen molar-refractivity contribution >= 4 is 34.3 Å². The summed E-state index contributed by atoms with van der Waals surface area (Å²) in [4.78, 5) is 26.0. The monoisotopic (exact) mass is 388 g/mol. The highest BCUT2D eigenvalue weighted by molar-refractivity contribution is 7.99. The Morgan fingerprint density at radius 1 is 0.964 bits per heavy atom. The Hall–Kier alpha value is -3.12. The Labute approximate surface area is 167 Å². The molecule has 0 aliphatic carbocycles. The fourth-order valence-electron chi connectivity index (χ4n) is 3.21. The predicted molar refractivity (Wildman–Crippen MR) is 113 cm³/mol. The minimum absolute atomic E-state index is 0.118. The molecule has 4 rings (SSSR count). The molecule has 0 aliphatic rings. The number of aryl methyl sites for hydroxylation is 3. The molecule has 0 spiro atoms. The largest absolute Gasteiger partial charge is 0.358 e. The standard InChI is InChI=1S/C22H20N4OS/c1-13-12-14(2)24-22(23-13)28-17-10-8-16(9-11-17)26-21(27)20-15(3)25-19-7-5-4-6-18(19)20/h4-12,25H,1-3H3,(H,26,27). The van der Waals surface area contributed by atoms with Gasteiger partial charge in [-0.3, -0.25) is 4.79 Å². The summed E-state index contributed by atoms with van der Waals surface area (Å²) in [5.41, 5.74) is 5.15.